The van der Waals surface area contributed by atoms with Gasteiger partial charge in [0.15, 0.2) is 5.78 Å². The van der Waals surface area contributed by atoms with E-state index in [0.717, 1.165) is 5.56 Å². The van der Waals surface area contributed by atoms with E-state index in [1.54, 1.807) is 12.3 Å². The summed E-state index contributed by atoms with van der Waals surface area (Å²) < 4.78 is 0. The van der Waals surface area contributed by atoms with Crippen molar-refractivity contribution < 1.29 is 4.79 Å². The maximum Gasteiger partial charge on any atom is 0.151 e. The average Bonchev–Trinajstić information content (AvgIpc) is 2.07. The van der Waals surface area contributed by atoms with E-state index in [2.05, 4.69) is 4.98 Å². The number of pyridine rings is 1. The third-order valence-corrected chi connectivity index (χ3v) is 1.81. The molecule has 0 aliphatic carbocycles. The lowest BCUT2D eigenvalue weighted by Crippen LogP contribution is -2.23. The first-order valence-electron chi connectivity index (χ1n) is 4.45. The molecule has 4 heteroatoms. The lowest BCUT2D eigenvalue weighted by atomic mass is 10.1. The largest absolute Gasteiger partial charge is 0.383 e. The maximum absolute atomic E-state index is 11.5. The van der Waals surface area contributed by atoms with Gasteiger partial charge in [-0.3, -0.25) is 4.79 Å². The number of ketones is 1. The zero-order chi connectivity index (χ0) is 10.6. The Hall–Kier alpha value is -1.42. The SMILES string of the molecule is CN(C)CC(=O)Cc1cccnc1N. The van der Waals surface area contributed by atoms with E-state index in [1.807, 2.05) is 25.1 Å². The second kappa shape index (κ2) is 4.72. The van der Waals surface area contributed by atoms with Crippen LogP contribution in [0.25, 0.3) is 0 Å². The van der Waals surface area contributed by atoms with Gasteiger partial charge in [0.05, 0.1) is 6.54 Å². The number of rotatable bonds is 4. The fourth-order valence-corrected chi connectivity index (χ4v) is 1.22. The number of nitrogen functional groups attached to an aromatic ring is 1. The molecule has 1 aromatic heterocycles. The summed E-state index contributed by atoms with van der Waals surface area (Å²) in [6.45, 7) is 0.439. The number of nitrogens with zero attached hydrogens (tertiary/aromatic N) is 2. The van der Waals surface area contributed by atoms with Crippen molar-refractivity contribution in [1.82, 2.24) is 9.88 Å². The highest BCUT2D eigenvalue weighted by molar-refractivity contribution is 5.83. The van der Waals surface area contributed by atoms with E-state index >= 15 is 0 Å². The summed E-state index contributed by atoms with van der Waals surface area (Å²) in [4.78, 5) is 17.2. The number of hydrogen-bond acceptors (Lipinski definition) is 4. The maximum atomic E-state index is 11.5. The second-order valence-electron chi connectivity index (χ2n) is 3.50. The van der Waals surface area contributed by atoms with Crippen molar-refractivity contribution in [3.05, 3.63) is 23.9 Å². The van der Waals surface area contributed by atoms with Crippen LogP contribution in [0.5, 0.6) is 0 Å². The Morgan fingerprint density at radius 3 is 2.86 bits per heavy atom. The lowest BCUT2D eigenvalue weighted by Gasteiger charge is -2.08. The van der Waals surface area contributed by atoms with Gasteiger partial charge in [-0.25, -0.2) is 4.98 Å². The van der Waals surface area contributed by atoms with Crippen molar-refractivity contribution in [2.45, 2.75) is 6.42 Å². The Labute approximate surface area is 83.7 Å². The molecule has 0 bridgehead atoms. The molecule has 14 heavy (non-hydrogen) atoms. The van der Waals surface area contributed by atoms with Crippen LogP contribution in [-0.2, 0) is 11.2 Å². The number of nitrogens with two attached hydrogens (primary N) is 1. The number of Topliss-reactive ketones (excluding diaryl/α,β-unsaturated/α-hetero) is 1. The van der Waals surface area contributed by atoms with Crippen molar-refractivity contribution in [2.75, 3.05) is 26.4 Å². The Morgan fingerprint density at radius 1 is 1.57 bits per heavy atom. The smallest absolute Gasteiger partial charge is 0.151 e. The van der Waals surface area contributed by atoms with Crippen LogP contribution in [0, 0.1) is 0 Å². The zero-order valence-electron chi connectivity index (χ0n) is 8.53. The van der Waals surface area contributed by atoms with Crippen LogP contribution in [0.3, 0.4) is 0 Å². The molecule has 0 atom stereocenters. The van der Waals surface area contributed by atoms with Gasteiger partial charge in [0.2, 0.25) is 0 Å². The van der Waals surface area contributed by atoms with Crippen molar-refractivity contribution in [3.8, 4) is 0 Å². The summed E-state index contributed by atoms with van der Waals surface area (Å²) in [7, 11) is 3.73. The molecule has 0 radical (unpaired) electrons. The van der Waals surface area contributed by atoms with Crippen molar-refractivity contribution >= 4 is 11.6 Å². The summed E-state index contributed by atoms with van der Waals surface area (Å²) in [5, 5.41) is 0. The molecular formula is C10H15N3O. The summed E-state index contributed by atoms with van der Waals surface area (Å²) >= 11 is 0. The third-order valence-electron chi connectivity index (χ3n) is 1.81. The van der Waals surface area contributed by atoms with E-state index in [4.69, 9.17) is 5.73 Å². The molecule has 0 fully saturated rings. The molecule has 0 spiro atoms. The minimum absolute atomic E-state index is 0.148. The van der Waals surface area contributed by atoms with Gasteiger partial charge in [0.1, 0.15) is 5.82 Å². The summed E-state index contributed by atoms with van der Waals surface area (Å²) in [5.74, 6) is 0.592. The van der Waals surface area contributed by atoms with E-state index in [1.165, 1.54) is 0 Å². The first-order valence-corrected chi connectivity index (χ1v) is 4.45. The summed E-state index contributed by atoms with van der Waals surface area (Å²) in [5.41, 5.74) is 6.43. The van der Waals surface area contributed by atoms with Crippen molar-refractivity contribution in [1.29, 1.82) is 0 Å². The molecule has 0 unspecified atom stereocenters. The van der Waals surface area contributed by atoms with E-state index in [0.29, 0.717) is 18.8 Å². The van der Waals surface area contributed by atoms with Gasteiger partial charge in [-0.15, -0.1) is 0 Å². The van der Waals surface area contributed by atoms with Gasteiger partial charge in [0, 0.05) is 18.2 Å². The molecule has 2 N–H and O–H groups in total. The van der Waals surface area contributed by atoms with Crippen LogP contribution in [0.1, 0.15) is 5.56 Å². The quantitative estimate of drug-likeness (QED) is 0.749. The zero-order valence-corrected chi connectivity index (χ0v) is 8.53. The topological polar surface area (TPSA) is 59.2 Å². The van der Waals surface area contributed by atoms with Crippen molar-refractivity contribution in [3.63, 3.8) is 0 Å². The molecule has 0 amide bonds. The fourth-order valence-electron chi connectivity index (χ4n) is 1.22. The van der Waals surface area contributed by atoms with Crippen molar-refractivity contribution in [2.24, 2.45) is 0 Å². The number of carbonyl (C=O) groups excluding carboxylic acids is 1. The molecule has 0 saturated carbocycles. The number of carbonyl (C=O) groups is 1. The van der Waals surface area contributed by atoms with Gasteiger partial charge in [0.25, 0.3) is 0 Å². The molecular weight excluding hydrogens is 178 g/mol. The van der Waals surface area contributed by atoms with Crippen LogP contribution >= 0.6 is 0 Å². The molecule has 1 heterocycles. The van der Waals surface area contributed by atoms with Crippen LogP contribution < -0.4 is 5.73 Å². The average molecular weight is 193 g/mol. The highest BCUT2D eigenvalue weighted by Gasteiger charge is 2.07. The molecule has 1 rings (SSSR count). The Kier molecular flexibility index (Phi) is 3.59. The molecule has 76 valence electrons. The molecule has 0 aliphatic heterocycles. The first kappa shape index (κ1) is 10.7. The molecule has 4 nitrogen and oxygen atoms in total. The molecule has 1 aromatic rings. The monoisotopic (exact) mass is 193 g/mol. The minimum Gasteiger partial charge on any atom is -0.383 e. The third kappa shape index (κ3) is 3.14. The normalized spacial score (nSPS) is 10.5. The minimum atomic E-state index is 0.148. The number of anilines is 1. The Morgan fingerprint density at radius 2 is 2.29 bits per heavy atom. The highest BCUT2D eigenvalue weighted by atomic mass is 16.1. The van der Waals surface area contributed by atoms with E-state index < -0.39 is 0 Å². The highest BCUT2D eigenvalue weighted by Crippen LogP contribution is 2.07. The Bertz CT molecular complexity index is 323. The van der Waals surface area contributed by atoms with Gasteiger partial charge in [-0.1, -0.05) is 6.07 Å². The Balaban J connectivity index is 2.61. The predicted octanol–water partition coefficient (Wildman–Crippen LogP) is 0.337. The van der Waals surface area contributed by atoms with Gasteiger partial charge < -0.3 is 10.6 Å². The lowest BCUT2D eigenvalue weighted by molar-refractivity contribution is -0.119. The van der Waals surface area contributed by atoms with Crippen LogP contribution in [0.2, 0.25) is 0 Å². The van der Waals surface area contributed by atoms with Crippen LogP contribution in [0.15, 0.2) is 18.3 Å². The van der Waals surface area contributed by atoms with Crippen LogP contribution in [0.4, 0.5) is 5.82 Å². The molecule has 0 saturated heterocycles. The number of likely N-dealkylation sites (N-methyl/N-ethyl adjacent to an activating group) is 1. The van der Waals surface area contributed by atoms with E-state index in [9.17, 15) is 4.79 Å². The molecule has 0 aliphatic rings. The second-order valence-corrected chi connectivity index (χ2v) is 3.50. The van der Waals surface area contributed by atoms with Gasteiger partial charge in [-0.2, -0.15) is 0 Å². The van der Waals surface area contributed by atoms with Gasteiger partial charge in [-0.05, 0) is 20.2 Å². The summed E-state index contributed by atoms with van der Waals surface area (Å²) in [6.07, 6.45) is 1.98. The number of hydrogen-bond donors (Lipinski definition) is 1. The van der Waals surface area contributed by atoms with Gasteiger partial charge >= 0.3 is 0 Å². The first-order chi connectivity index (χ1) is 6.59. The fraction of sp³-hybridized carbons (Fsp3) is 0.400. The molecule has 0 aromatic carbocycles. The summed E-state index contributed by atoms with van der Waals surface area (Å²) in [6, 6.07) is 3.62. The standard InChI is InChI=1S/C10H15N3O/c1-13(2)7-9(14)6-8-4-3-5-12-10(8)11/h3-5H,6-7H2,1-2H3,(H2,11,12). The number of aromatic nitrogens is 1. The van der Waals surface area contributed by atoms with Crippen LogP contribution in [-0.4, -0.2) is 36.3 Å². The predicted molar refractivity (Wildman–Crippen MR) is 55.9 cm³/mol. The van der Waals surface area contributed by atoms with E-state index in [-0.39, 0.29) is 5.78 Å².